The summed E-state index contributed by atoms with van der Waals surface area (Å²) in [6.07, 6.45) is -0.0272. The Balaban J connectivity index is 1.54. The molecule has 1 aromatic carbocycles. The highest BCUT2D eigenvalue weighted by atomic mass is 35.5. The van der Waals surface area contributed by atoms with Crippen molar-refractivity contribution in [2.24, 2.45) is 9.98 Å². The van der Waals surface area contributed by atoms with Gasteiger partial charge in [-0.1, -0.05) is 18.2 Å². The molecule has 1 aromatic rings. The molecule has 1 spiro atoms. The summed E-state index contributed by atoms with van der Waals surface area (Å²) in [4.78, 5) is 25.5. The van der Waals surface area contributed by atoms with E-state index in [9.17, 15) is 18.0 Å². The van der Waals surface area contributed by atoms with E-state index in [0.717, 1.165) is 38.4 Å². The maximum Gasteiger partial charge on any atom is 0.321 e. The molecule has 0 bridgehead atoms. The second-order valence-electron chi connectivity index (χ2n) is 8.73. The Labute approximate surface area is 201 Å². The van der Waals surface area contributed by atoms with Gasteiger partial charge in [0.05, 0.1) is 36.7 Å². The topological polar surface area (TPSA) is 72.3 Å². The maximum absolute atomic E-state index is 14.4. The predicted molar refractivity (Wildman–Crippen MR) is 126 cm³/mol. The van der Waals surface area contributed by atoms with Crippen molar-refractivity contribution < 1.29 is 18.0 Å². The van der Waals surface area contributed by atoms with Crippen LogP contribution in [0.25, 0.3) is 0 Å². The minimum Gasteiger partial charge on any atom is -0.373 e. The summed E-state index contributed by atoms with van der Waals surface area (Å²) in [5.74, 6) is -0.756. The molecule has 2 amide bonds. The lowest BCUT2D eigenvalue weighted by Crippen LogP contribution is -2.53. The zero-order valence-electron chi connectivity index (χ0n) is 18.8. The van der Waals surface area contributed by atoms with Crippen LogP contribution in [-0.4, -0.2) is 72.7 Å². The van der Waals surface area contributed by atoms with Gasteiger partial charge in [-0.25, -0.2) is 23.0 Å². The zero-order chi connectivity index (χ0) is 24.3. The first kappa shape index (κ1) is 24.5. The third-order valence-electron chi connectivity index (χ3n) is 6.82. The van der Waals surface area contributed by atoms with Gasteiger partial charge in [0.2, 0.25) is 0 Å². The van der Waals surface area contributed by atoms with Crippen molar-refractivity contribution in [3.63, 3.8) is 0 Å². The number of nitrogens with one attached hydrogen (secondary N) is 2. The number of rotatable bonds is 6. The number of likely N-dealkylation sites (tertiary alicyclic amines) is 1. The quantitative estimate of drug-likeness (QED) is 0.273. The molecule has 0 radical (unpaired) electrons. The Kier molecular flexibility index (Phi) is 7.47. The number of nitrogens with zero attached hydrogens (tertiary/aromatic N) is 4. The van der Waals surface area contributed by atoms with Crippen LogP contribution in [0.4, 0.5) is 18.0 Å². The van der Waals surface area contributed by atoms with E-state index in [-0.39, 0.29) is 42.1 Å². The molecule has 7 nitrogen and oxygen atoms in total. The predicted octanol–water partition coefficient (Wildman–Crippen LogP) is 3.67. The van der Waals surface area contributed by atoms with Crippen LogP contribution >= 0.6 is 11.6 Å². The van der Waals surface area contributed by atoms with Crippen molar-refractivity contribution in [3.05, 3.63) is 46.4 Å². The Hall–Kier alpha value is -2.59. The van der Waals surface area contributed by atoms with E-state index < -0.39 is 17.8 Å². The minimum absolute atomic E-state index is 0.0325. The normalized spacial score (nSPS) is 23.0. The summed E-state index contributed by atoms with van der Waals surface area (Å²) >= 11 is 5.91. The zero-order valence-corrected chi connectivity index (χ0v) is 19.6. The van der Waals surface area contributed by atoms with Crippen molar-refractivity contribution >= 4 is 30.2 Å². The third-order valence-corrected chi connectivity index (χ3v) is 6.96. The number of halogens is 4. The highest BCUT2D eigenvalue weighted by molar-refractivity contribution is 6.17. The van der Waals surface area contributed by atoms with Crippen LogP contribution in [0.5, 0.6) is 0 Å². The second-order valence-corrected chi connectivity index (χ2v) is 9.00. The molecule has 0 aliphatic carbocycles. The van der Waals surface area contributed by atoms with Gasteiger partial charge in [-0.15, -0.1) is 11.6 Å². The van der Waals surface area contributed by atoms with Crippen molar-refractivity contribution in [1.29, 1.82) is 0 Å². The maximum atomic E-state index is 14.4. The number of carbonyl (C=O) groups is 1. The van der Waals surface area contributed by atoms with E-state index >= 15 is 0 Å². The highest BCUT2D eigenvalue weighted by Crippen LogP contribution is 2.36. The number of alkyl halides is 3. The molecule has 2 saturated heterocycles. The van der Waals surface area contributed by atoms with E-state index in [4.69, 9.17) is 11.6 Å². The van der Waals surface area contributed by atoms with E-state index in [1.54, 1.807) is 4.90 Å². The number of carbonyl (C=O) groups excluding carboxylic acids is 1. The Morgan fingerprint density at radius 2 is 2.15 bits per heavy atom. The molecule has 2 N–H and O–H groups in total. The van der Waals surface area contributed by atoms with Crippen LogP contribution in [0.1, 0.15) is 36.8 Å². The van der Waals surface area contributed by atoms with Gasteiger partial charge in [0, 0.05) is 29.9 Å². The van der Waals surface area contributed by atoms with Gasteiger partial charge in [-0.2, -0.15) is 0 Å². The summed E-state index contributed by atoms with van der Waals surface area (Å²) < 4.78 is 40.5. The van der Waals surface area contributed by atoms with Gasteiger partial charge in [-0.05, 0) is 32.5 Å². The largest absolute Gasteiger partial charge is 0.373 e. The Morgan fingerprint density at radius 1 is 1.32 bits per heavy atom. The van der Waals surface area contributed by atoms with Gasteiger partial charge < -0.3 is 20.4 Å². The molecule has 4 rings (SSSR count). The van der Waals surface area contributed by atoms with E-state index in [0.29, 0.717) is 24.4 Å². The van der Waals surface area contributed by atoms with Crippen molar-refractivity contribution in [1.82, 2.24) is 20.4 Å². The first-order chi connectivity index (χ1) is 16.4. The first-order valence-electron chi connectivity index (χ1n) is 11.3. The number of hydrogen-bond acceptors (Lipinski definition) is 4. The lowest BCUT2D eigenvalue weighted by molar-refractivity contribution is 0.126. The van der Waals surface area contributed by atoms with Gasteiger partial charge in [0.25, 0.3) is 6.43 Å². The molecule has 184 valence electrons. The summed E-state index contributed by atoms with van der Waals surface area (Å²) in [7, 11) is 0. The first-order valence-corrected chi connectivity index (χ1v) is 11.8. The molecular formula is C23H28ClF3N6O. The fourth-order valence-corrected chi connectivity index (χ4v) is 5.25. The van der Waals surface area contributed by atoms with E-state index in [1.165, 1.54) is 12.1 Å². The Bertz CT molecular complexity index is 1000. The monoisotopic (exact) mass is 496 g/mol. The fraction of sp³-hybridized carbons (Fsp3) is 0.522. The van der Waals surface area contributed by atoms with Crippen LogP contribution in [0.2, 0.25) is 0 Å². The smallest absolute Gasteiger partial charge is 0.321 e. The van der Waals surface area contributed by atoms with E-state index in [1.807, 2.05) is 4.90 Å². The van der Waals surface area contributed by atoms with Gasteiger partial charge in [-0.3, -0.25) is 4.99 Å². The van der Waals surface area contributed by atoms with Crippen molar-refractivity contribution in [2.75, 3.05) is 38.7 Å². The molecule has 3 aliphatic heterocycles. The SMILES string of the molecule is C=NC(=NCc1cccc(C(F)F)c1F)C1=C(NCCl)CN(C(=O)N2CCCC23CCNC3)C1. The molecular weight excluding hydrogens is 469 g/mol. The summed E-state index contributed by atoms with van der Waals surface area (Å²) in [5.41, 5.74) is 0.551. The Morgan fingerprint density at radius 3 is 2.82 bits per heavy atom. The number of amides is 2. The third kappa shape index (κ3) is 4.65. The molecule has 3 aliphatic rings. The van der Waals surface area contributed by atoms with Gasteiger partial charge >= 0.3 is 6.03 Å². The van der Waals surface area contributed by atoms with Crippen LogP contribution in [-0.2, 0) is 6.54 Å². The molecule has 1 unspecified atom stereocenters. The number of amidine groups is 1. The highest BCUT2D eigenvalue weighted by Gasteiger charge is 2.47. The van der Waals surface area contributed by atoms with Crippen molar-refractivity contribution in [3.8, 4) is 0 Å². The molecule has 11 heteroatoms. The van der Waals surface area contributed by atoms with Crippen LogP contribution in [0, 0.1) is 5.82 Å². The average molecular weight is 497 g/mol. The van der Waals surface area contributed by atoms with Crippen LogP contribution in [0.15, 0.2) is 39.5 Å². The number of aliphatic imine (C=N–C) groups is 2. The van der Waals surface area contributed by atoms with Gasteiger partial charge in [0.15, 0.2) is 5.84 Å². The number of hydrogen-bond donors (Lipinski definition) is 2. The molecule has 0 aromatic heterocycles. The number of benzene rings is 1. The molecule has 34 heavy (non-hydrogen) atoms. The molecule has 2 fully saturated rings. The van der Waals surface area contributed by atoms with Crippen molar-refractivity contribution in [2.45, 2.75) is 37.8 Å². The van der Waals surface area contributed by atoms with Crippen LogP contribution < -0.4 is 10.6 Å². The molecule has 0 saturated carbocycles. The fourth-order valence-electron chi connectivity index (χ4n) is 5.09. The lowest BCUT2D eigenvalue weighted by atomic mass is 9.95. The number of urea groups is 1. The van der Waals surface area contributed by atoms with Crippen LogP contribution in [0.3, 0.4) is 0 Å². The average Bonchev–Trinajstić information content (AvgIpc) is 3.56. The van der Waals surface area contributed by atoms with E-state index in [2.05, 4.69) is 27.3 Å². The summed E-state index contributed by atoms with van der Waals surface area (Å²) in [6.45, 7) is 6.35. The molecule has 3 heterocycles. The minimum atomic E-state index is -2.92. The van der Waals surface area contributed by atoms with Gasteiger partial charge in [0.1, 0.15) is 5.82 Å². The standard InChI is InChI=1S/C23H28ClF3N6O/c1-28-21(30-10-15-4-2-5-16(19(15)25)20(26)27)17-11-32(12-18(17)31-14-24)22(34)33-9-3-6-23(33)7-8-29-13-23/h2,4-5,20,29,31H,1,3,6-14H2. The second kappa shape index (κ2) is 10.4. The molecule has 1 atom stereocenters. The summed E-state index contributed by atoms with van der Waals surface area (Å²) in [5, 5.41) is 6.43. The summed E-state index contributed by atoms with van der Waals surface area (Å²) in [6, 6.07) is 3.90. The lowest BCUT2D eigenvalue weighted by Gasteiger charge is -2.37.